The van der Waals surface area contributed by atoms with E-state index in [1.807, 2.05) is 0 Å². The Morgan fingerprint density at radius 2 is 1.86 bits per heavy atom. The molecule has 0 bridgehead atoms. The molecule has 2 rings (SSSR count). The van der Waals surface area contributed by atoms with Gasteiger partial charge in [0.2, 0.25) is 0 Å². The predicted molar refractivity (Wildman–Crippen MR) is 80.7 cm³/mol. The van der Waals surface area contributed by atoms with Crippen molar-refractivity contribution in [1.29, 1.82) is 0 Å². The van der Waals surface area contributed by atoms with Crippen LogP contribution in [0, 0.1) is 0 Å². The zero-order chi connectivity index (χ0) is 16.5. The van der Waals surface area contributed by atoms with Gasteiger partial charge in [-0.2, -0.15) is 18.3 Å². The van der Waals surface area contributed by atoms with Crippen LogP contribution >= 0.6 is 15.9 Å². The number of hydrogen-bond acceptors (Lipinski definition) is 3. The van der Waals surface area contributed by atoms with E-state index >= 15 is 0 Å². The van der Waals surface area contributed by atoms with Gasteiger partial charge in [0.05, 0.1) is 17.4 Å². The molecule has 2 aromatic rings. The van der Waals surface area contributed by atoms with Gasteiger partial charge in [-0.3, -0.25) is 4.79 Å². The zero-order valence-electron chi connectivity index (χ0n) is 11.8. The first-order valence-corrected chi connectivity index (χ1v) is 7.15. The summed E-state index contributed by atoms with van der Waals surface area (Å²) in [6, 6.07) is 4.59. The summed E-state index contributed by atoms with van der Waals surface area (Å²) >= 11 is 3.19. The van der Waals surface area contributed by atoms with Crippen LogP contribution in [-0.4, -0.2) is 9.78 Å². The molecule has 0 saturated heterocycles. The second-order valence-corrected chi connectivity index (χ2v) is 5.58. The molecule has 1 atom stereocenters. The van der Waals surface area contributed by atoms with E-state index in [2.05, 4.69) is 26.3 Å². The van der Waals surface area contributed by atoms with Crippen molar-refractivity contribution in [2.24, 2.45) is 7.05 Å². The first-order valence-electron chi connectivity index (χ1n) is 6.35. The van der Waals surface area contributed by atoms with Gasteiger partial charge in [-0.25, -0.2) is 4.68 Å². The van der Waals surface area contributed by atoms with Crippen LogP contribution < -0.4 is 10.9 Å². The largest absolute Gasteiger partial charge is 0.416 e. The lowest BCUT2D eigenvalue weighted by atomic mass is 10.1. The third-order valence-corrected chi connectivity index (χ3v) is 3.95. The normalized spacial score (nSPS) is 13.0. The number of alkyl halides is 3. The van der Waals surface area contributed by atoms with Crippen molar-refractivity contribution in [2.45, 2.75) is 19.1 Å². The molecule has 0 fully saturated rings. The Kier molecular flexibility index (Phi) is 4.60. The van der Waals surface area contributed by atoms with Crippen LogP contribution in [0.3, 0.4) is 0 Å². The molecule has 118 valence electrons. The van der Waals surface area contributed by atoms with Crippen LogP contribution in [0.5, 0.6) is 0 Å². The highest BCUT2D eigenvalue weighted by atomic mass is 79.9. The third kappa shape index (κ3) is 3.49. The van der Waals surface area contributed by atoms with Crippen LogP contribution in [0.15, 0.2) is 39.7 Å². The fourth-order valence-corrected chi connectivity index (χ4v) is 2.36. The maximum Gasteiger partial charge on any atom is 0.416 e. The summed E-state index contributed by atoms with van der Waals surface area (Å²) in [5, 5.41) is 6.94. The van der Waals surface area contributed by atoms with Crippen LogP contribution in [0.2, 0.25) is 0 Å². The Morgan fingerprint density at radius 1 is 1.27 bits per heavy atom. The molecular formula is C14H13BrF3N3O. The van der Waals surface area contributed by atoms with E-state index in [1.54, 1.807) is 6.92 Å². The van der Waals surface area contributed by atoms with E-state index in [4.69, 9.17) is 0 Å². The van der Waals surface area contributed by atoms with Gasteiger partial charge in [-0.1, -0.05) is 12.1 Å². The molecule has 4 nitrogen and oxygen atoms in total. The number of aryl methyl sites for hydroxylation is 1. The summed E-state index contributed by atoms with van der Waals surface area (Å²) < 4.78 is 39.1. The smallest absolute Gasteiger partial charge is 0.376 e. The number of nitrogens with zero attached hydrogens (tertiary/aromatic N) is 2. The zero-order valence-corrected chi connectivity index (χ0v) is 13.4. The van der Waals surface area contributed by atoms with E-state index < -0.39 is 11.7 Å². The Bertz CT molecular complexity index is 726. The minimum atomic E-state index is -4.35. The molecule has 1 aromatic heterocycles. The first-order chi connectivity index (χ1) is 10.2. The molecule has 0 saturated carbocycles. The number of halogens is 4. The number of hydrogen-bond donors (Lipinski definition) is 1. The SMILES string of the molecule is CC(Nc1cnn(C)c(=O)c1Br)c1ccc(C(F)(F)F)cc1. The Balaban J connectivity index is 2.21. The summed E-state index contributed by atoms with van der Waals surface area (Å²) in [6.07, 6.45) is -2.88. The van der Waals surface area contributed by atoms with Crippen molar-refractivity contribution >= 4 is 21.6 Å². The molecule has 1 aromatic carbocycles. The minimum Gasteiger partial charge on any atom is -0.376 e. The van der Waals surface area contributed by atoms with Gasteiger partial charge in [-0.05, 0) is 40.5 Å². The second-order valence-electron chi connectivity index (χ2n) is 4.79. The molecular weight excluding hydrogens is 363 g/mol. The van der Waals surface area contributed by atoms with Gasteiger partial charge in [0.15, 0.2) is 0 Å². The topological polar surface area (TPSA) is 46.9 Å². The van der Waals surface area contributed by atoms with Crippen LogP contribution in [0.1, 0.15) is 24.1 Å². The molecule has 1 heterocycles. The average molecular weight is 376 g/mol. The summed E-state index contributed by atoms with van der Waals surface area (Å²) in [4.78, 5) is 11.8. The van der Waals surface area contributed by atoms with Gasteiger partial charge >= 0.3 is 6.18 Å². The van der Waals surface area contributed by atoms with E-state index in [-0.39, 0.29) is 11.6 Å². The van der Waals surface area contributed by atoms with Crippen molar-refractivity contribution in [3.63, 3.8) is 0 Å². The van der Waals surface area contributed by atoms with E-state index in [1.165, 1.54) is 30.1 Å². The lowest BCUT2D eigenvalue weighted by Gasteiger charge is -2.17. The van der Waals surface area contributed by atoms with Crippen molar-refractivity contribution in [1.82, 2.24) is 9.78 Å². The fraction of sp³-hybridized carbons (Fsp3) is 0.286. The fourth-order valence-electron chi connectivity index (χ4n) is 1.89. The predicted octanol–water partition coefficient (Wildman–Crippen LogP) is 3.73. The summed E-state index contributed by atoms with van der Waals surface area (Å²) in [7, 11) is 1.52. The number of benzene rings is 1. The molecule has 0 aliphatic rings. The van der Waals surface area contributed by atoms with Crippen molar-refractivity contribution in [3.8, 4) is 0 Å². The number of rotatable bonds is 3. The van der Waals surface area contributed by atoms with Gasteiger partial charge in [0.1, 0.15) is 4.47 Å². The Labute approximate surface area is 133 Å². The van der Waals surface area contributed by atoms with E-state index in [9.17, 15) is 18.0 Å². The first kappa shape index (κ1) is 16.5. The number of anilines is 1. The maximum atomic E-state index is 12.5. The highest BCUT2D eigenvalue weighted by Gasteiger charge is 2.30. The minimum absolute atomic E-state index is 0.285. The van der Waals surface area contributed by atoms with Gasteiger partial charge in [-0.15, -0.1) is 0 Å². The monoisotopic (exact) mass is 375 g/mol. The summed E-state index contributed by atoms with van der Waals surface area (Å²) in [5.74, 6) is 0. The van der Waals surface area contributed by atoms with Crippen LogP contribution in [0.25, 0.3) is 0 Å². The van der Waals surface area contributed by atoms with Gasteiger partial charge in [0.25, 0.3) is 5.56 Å². The molecule has 0 amide bonds. The molecule has 0 spiro atoms. The Hall–Kier alpha value is -1.83. The maximum absolute atomic E-state index is 12.5. The van der Waals surface area contributed by atoms with Crippen molar-refractivity contribution in [3.05, 3.63) is 56.4 Å². The molecule has 0 radical (unpaired) electrons. The average Bonchev–Trinajstić information content (AvgIpc) is 2.47. The lowest BCUT2D eigenvalue weighted by Crippen LogP contribution is -2.22. The quantitative estimate of drug-likeness (QED) is 0.888. The highest BCUT2D eigenvalue weighted by Crippen LogP contribution is 2.30. The van der Waals surface area contributed by atoms with E-state index in [0.717, 1.165) is 12.1 Å². The van der Waals surface area contributed by atoms with Crippen molar-refractivity contribution < 1.29 is 13.2 Å². The molecule has 8 heteroatoms. The summed E-state index contributed by atoms with van der Waals surface area (Å²) in [5.41, 5.74) is 0.153. The van der Waals surface area contributed by atoms with Crippen LogP contribution in [0.4, 0.5) is 18.9 Å². The molecule has 1 N–H and O–H groups in total. The second kappa shape index (κ2) is 6.12. The standard InChI is InChI=1S/C14H13BrF3N3O/c1-8(9-3-5-10(6-4-9)14(16,17)18)20-11-7-19-21(2)13(22)12(11)15/h3-8,20H,1-2H3. The lowest BCUT2D eigenvalue weighted by molar-refractivity contribution is -0.137. The van der Waals surface area contributed by atoms with Crippen LogP contribution in [-0.2, 0) is 13.2 Å². The van der Waals surface area contributed by atoms with Gasteiger partial charge in [0, 0.05) is 13.1 Å². The molecule has 22 heavy (non-hydrogen) atoms. The number of nitrogens with one attached hydrogen (secondary N) is 1. The van der Waals surface area contributed by atoms with E-state index in [0.29, 0.717) is 15.7 Å². The highest BCUT2D eigenvalue weighted by molar-refractivity contribution is 9.10. The molecule has 0 aliphatic heterocycles. The summed E-state index contributed by atoms with van der Waals surface area (Å²) in [6.45, 7) is 1.78. The van der Waals surface area contributed by atoms with Crippen molar-refractivity contribution in [2.75, 3.05) is 5.32 Å². The Morgan fingerprint density at radius 3 is 2.41 bits per heavy atom. The van der Waals surface area contributed by atoms with Gasteiger partial charge < -0.3 is 5.32 Å². The molecule has 0 aliphatic carbocycles. The molecule has 1 unspecified atom stereocenters. The third-order valence-electron chi connectivity index (χ3n) is 3.19. The number of aromatic nitrogens is 2.